The summed E-state index contributed by atoms with van der Waals surface area (Å²) in [7, 11) is -3.50. The van der Waals surface area contributed by atoms with E-state index in [9.17, 15) is 13.2 Å². The number of esters is 1. The van der Waals surface area contributed by atoms with Gasteiger partial charge in [-0.2, -0.15) is 4.31 Å². The van der Waals surface area contributed by atoms with Crippen molar-refractivity contribution in [3.63, 3.8) is 0 Å². The molecule has 2 atom stereocenters. The van der Waals surface area contributed by atoms with E-state index in [1.54, 1.807) is 24.3 Å². The Labute approximate surface area is 149 Å². The second kappa shape index (κ2) is 6.25. The third-order valence-electron chi connectivity index (χ3n) is 4.55. The molecule has 1 aromatic carbocycles. The van der Waals surface area contributed by atoms with Gasteiger partial charge in [0.25, 0.3) is 0 Å². The minimum absolute atomic E-state index is 0.119. The molecule has 0 saturated heterocycles. The second-order valence-electron chi connectivity index (χ2n) is 7.87. The van der Waals surface area contributed by atoms with E-state index in [0.29, 0.717) is 18.0 Å². The van der Waals surface area contributed by atoms with E-state index in [1.807, 2.05) is 33.8 Å². The number of carbonyl (C=O) groups is 1. The number of hydrogen-bond acceptors (Lipinski definition) is 4. The lowest BCUT2D eigenvalue weighted by Gasteiger charge is -2.19. The van der Waals surface area contributed by atoms with Crippen LogP contribution < -0.4 is 0 Å². The summed E-state index contributed by atoms with van der Waals surface area (Å²) < 4.78 is 32.4. The Morgan fingerprint density at radius 3 is 2.44 bits per heavy atom. The summed E-state index contributed by atoms with van der Waals surface area (Å²) in [5.41, 5.74) is 1.57. The molecule has 0 radical (unpaired) electrons. The van der Waals surface area contributed by atoms with Gasteiger partial charge in [-0.05, 0) is 52.2 Å². The average molecular weight is 363 g/mol. The van der Waals surface area contributed by atoms with Crippen molar-refractivity contribution in [2.24, 2.45) is 11.8 Å². The summed E-state index contributed by atoms with van der Waals surface area (Å²) in [4.78, 5) is 12.5. The summed E-state index contributed by atoms with van der Waals surface area (Å²) in [6.45, 7) is 8.21. The first-order valence-electron chi connectivity index (χ1n) is 8.56. The lowest BCUT2D eigenvalue weighted by molar-refractivity contribution is -0.156. The van der Waals surface area contributed by atoms with Crippen molar-refractivity contribution in [1.82, 2.24) is 4.31 Å². The van der Waals surface area contributed by atoms with Gasteiger partial charge in [-0.3, -0.25) is 4.79 Å². The van der Waals surface area contributed by atoms with Crippen molar-refractivity contribution in [3.05, 3.63) is 41.5 Å². The van der Waals surface area contributed by atoms with Crippen molar-refractivity contribution in [1.29, 1.82) is 0 Å². The highest BCUT2D eigenvalue weighted by molar-refractivity contribution is 7.89. The van der Waals surface area contributed by atoms with Gasteiger partial charge in [0.1, 0.15) is 5.60 Å². The van der Waals surface area contributed by atoms with Crippen LogP contribution in [0.4, 0.5) is 0 Å². The van der Waals surface area contributed by atoms with Gasteiger partial charge in [0.15, 0.2) is 0 Å². The molecule has 25 heavy (non-hydrogen) atoms. The van der Waals surface area contributed by atoms with Crippen LogP contribution in [0.25, 0.3) is 0 Å². The van der Waals surface area contributed by atoms with Crippen molar-refractivity contribution < 1.29 is 17.9 Å². The first kappa shape index (κ1) is 18.1. The third kappa shape index (κ3) is 3.96. The number of benzene rings is 1. The van der Waals surface area contributed by atoms with Crippen LogP contribution in [0.2, 0.25) is 0 Å². The molecule has 0 amide bonds. The Hall–Kier alpha value is -1.66. The van der Waals surface area contributed by atoms with Crippen molar-refractivity contribution in [2.75, 3.05) is 13.1 Å². The van der Waals surface area contributed by atoms with E-state index < -0.39 is 15.6 Å². The van der Waals surface area contributed by atoms with E-state index in [-0.39, 0.29) is 17.8 Å². The summed E-state index contributed by atoms with van der Waals surface area (Å²) >= 11 is 0. The zero-order valence-corrected chi connectivity index (χ0v) is 16.0. The van der Waals surface area contributed by atoms with Gasteiger partial charge in [-0.15, -0.1) is 0 Å². The molecule has 6 heteroatoms. The summed E-state index contributed by atoms with van der Waals surface area (Å²) in [6.07, 6.45) is 2.69. The van der Waals surface area contributed by atoms with Crippen LogP contribution in [-0.2, 0) is 19.6 Å². The van der Waals surface area contributed by atoms with Crippen LogP contribution in [0.15, 0.2) is 40.8 Å². The Bertz CT molecular complexity index is 803. The maximum atomic E-state index is 12.7. The van der Waals surface area contributed by atoms with Gasteiger partial charge in [-0.1, -0.05) is 29.3 Å². The van der Waals surface area contributed by atoms with Gasteiger partial charge in [0, 0.05) is 13.1 Å². The summed E-state index contributed by atoms with van der Waals surface area (Å²) in [6, 6.07) is 6.89. The lowest BCUT2D eigenvalue weighted by Crippen LogP contribution is -2.29. The number of aryl methyl sites for hydroxylation is 1. The van der Waals surface area contributed by atoms with Crippen LogP contribution in [0, 0.1) is 18.8 Å². The SMILES string of the molecule is Cc1ccc(S(=O)(=O)N2CC=C([C@@H]3C[C@H]3C(=O)OC(C)(C)C)C2)cc1. The van der Waals surface area contributed by atoms with Crippen LogP contribution in [-0.4, -0.2) is 37.4 Å². The Balaban J connectivity index is 1.63. The molecule has 2 aliphatic rings. The number of hydrogen-bond donors (Lipinski definition) is 0. The molecule has 1 saturated carbocycles. The molecule has 0 bridgehead atoms. The maximum Gasteiger partial charge on any atom is 0.310 e. The first-order valence-corrected chi connectivity index (χ1v) is 10.0. The number of nitrogens with zero attached hydrogens (tertiary/aromatic N) is 1. The fraction of sp³-hybridized carbons (Fsp3) is 0.526. The highest BCUT2D eigenvalue weighted by Gasteiger charge is 2.48. The molecule has 1 aliphatic heterocycles. The van der Waals surface area contributed by atoms with E-state index in [0.717, 1.165) is 17.6 Å². The van der Waals surface area contributed by atoms with Crippen molar-refractivity contribution >= 4 is 16.0 Å². The molecule has 1 aromatic rings. The van der Waals surface area contributed by atoms with Crippen molar-refractivity contribution in [2.45, 2.75) is 44.6 Å². The minimum Gasteiger partial charge on any atom is -0.460 e. The lowest BCUT2D eigenvalue weighted by atomic mass is 10.1. The van der Waals surface area contributed by atoms with Gasteiger partial charge in [0.2, 0.25) is 10.0 Å². The largest absolute Gasteiger partial charge is 0.460 e. The van der Waals surface area contributed by atoms with Gasteiger partial charge in [0.05, 0.1) is 10.8 Å². The number of carbonyl (C=O) groups excluding carboxylic acids is 1. The third-order valence-corrected chi connectivity index (χ3v) is 6.38. The molecular formula is C19H25NO4S. The maximum absolute atomic E-state index is 12.7. The molecular weight excluding hydrogens is 338 g/mol. The highest BCUT2D eigenvalue weighted by Crippen LogP contribution is 2.47. The average Bonchev–Trinajstić information content (AvgIpc) is 3.15. The quantitative estimate of drug-likeness (QED) is 0.609. The van der Waals surface area contributed by atoms with Crippen LogP contribution in [0.3, 0.4) is 0 Å². The van der Waals surface area contributed by atoms with Gasteiger partial charge in [-0.25, -0.2) is 8.42 Å². The molecule has 0 unspecified atom stereocenters. The summed E-state index contributed by atoms with van der Waals surface area (Å²) in [5, 5.41) is 0. The molecule has 1 fully saturated rings. The normalized spacial score (nSPS) is 24.1. The fourth-order valence-electron chi connectivity index (χ4n) is 3.11. The van der Waals surface area contributed by atoms with Gasteiger partial charge >= 0.3 is 5.97 Å². The standard InChI is InChI=1S/C19H25NO4S/c1-13-5-7-15(8-6-13)25(22,23)20-10-9-14(12-20)16-11-17(16)18(21)24-19(2,3)4/h5-9,16-17H,10-12H2,1-4H3/t16-,17+/m0/s1. The molecule has 3 rings (SSSR count). The Kier molecular flexibility index (Phi) is 4.54. The minimum atomic E-state index is -3.50. The summed E-state index contributed by atoms with van der Waals surface area (Å²) in [5.74, 6) is -0.196. The fourth-order valence-corrected chi connectivity index (χ4v) is 4.47. The first-order chi connectivity index (χ1) is 11.6. The molecule has 136 valence electrons. The van der Waals surface area contributed by atoms with Crippen molar-refractivity contribution in [3.8, 4) is 0 Å². The Morgan fingerprint density at radius 1 is 1.20 bits per heavy atom. The van der Waals surface area contributed by atoms with E-state index in [4.69, 9.17) is 4.74 Å². The van der Waals surface area contributed by atoms with Crippen LogP contribution in [0.5, 0.6) is 0 Å². The monoisotopic (exact) mass is 363 g/mol. The van der Waals surface area contributed by atoms with Crippen LogP contribution >= 0.6 is 0 Å². The zero-order chi connectivity index (χ0) is 18.4. The smallest absolute Gasteiger partial charge is 0.310 e. The number of sulfonamides is 1. The molecule has 0 spiro atoms. The van der Waals surface area contributed by atoms with Gasteiger partial charge < -0.3 is 4.74 Å². The second-order valence-corrected chi connectivity index (χ2v) is 9.81. The number of ether oxygens (including phenoxy) is 1. The van der Waals surface area contributed by atoms with E-state index in [1.165, 1.54) is 4.31 Å². The zero-order valence-electron chi connectivity index (χ0n) is 15.2. The van der Waals surface area contributed by atoms with E-state index in [2.05, 4.69) is 0 Å². The van der Waals surface area contributed by atoms with E-state index >= 15 is 0 Å². The topological polar surface area (TPSA) is 63.7 Å². The predicted octanol–water partition coefficient (Wildman–Crippen LogP) is 2.90. The van der Waals surface area contributed by atoms with Crippen LogP contribution in [0.1, 0.15) is 32.8 Å². The molecule has 1 aliphatic carbocycles. The predicted molar refractivity (Wildman–Crippen MR) is 95.5 cm³/mol. The molecule has 0 N–H and O–H groups in total. The molecule has 0 aromatic heterocycles. The Morgan fingerprint density at radius 2 is 1.84 bits per heavy atom. The molecule has 5 nitrogen and oxygen atoms in total. The molecule has 1 heterocycles. The number of rotatable bonds is 4. The highest BCUT2D eigenvalue weighted by atomic mass is 32.2.